The largest absolute Gasteiger partial charge is 0.478 e. The lowest BCUT2D eigenvalue weighted by Crippen LogP contribution is -2.31. The first kappa shape index (κ1) is 37.9. The van der Waals surface area contributed by atoms with Crippen molar-refractivity contribution in [3.63, 3.8) is 0 Å². The predicted octanol–water partition coefficient (Wildman–Crippen LogP) is 8.05. The molecule has 0 fully saturated rings. The minimum atomic E-state index is -1.44. The number of anilines is 1. The van der Waals surface area contributed by atoms with Gasteiger partial charge in [-0.15, -0.1) is 0 Å². The van der Waals surface area contributed by atoms with Gasteiger partial charge in [0.1, 0.15) is 0 Å². The van der Waals surface area contributed by atoms with Gasteiger partial charge in [-0.3, -0.25) is 14.4 Å². The lowest BCUT2D eigenvalue weighted by Gasteiger charge is -2.18. The molecule has 0 aliphatic rings. The van der Waals surface area contributed by atoms with Crippen LogP contribution in [-0.2, 0) is 0 Å². The molecule has 12 nitrogen and oxygen atoms in total. The van der Waals surface area contributed by atoms with Crippen molar-refractivity contribution in [1.29, 1.82) is 0 Å². The van der Waals surface area contributed by atoms with Gasteiger partial charge in [-0.25, -0.2) is 14.4 Å². The molecule has 0 bridgehead atoms. The second-order valence-electron chi connectivity index (χ2n) is 14.4. The van der Waals surface area contributed by atoms with Crippen molar-refractivity contribution in [2.45, 2.75) is 59.5 Å². The minimum absolute atomic E-state index is 0.182. The molecule has 0 heterocycles. The van der Waals surface area contributed by atoms with E-state index in [9.17, 15) is 44.1 Å². The molecule has 3 amide bonds. The third kappa shape index (κ3) is 7.26. The summed E-state index contributed by atoms with van der Waals surface area (Å²) in [5.41, 5.74) is -0.225. The third-order valence-corrected chi connectivity index (χ3v) is 9.40. The molecule has 6 N–H and O–H groups in total. The number of aromatic carboxylic acids is 3. The first-order chi connectivity index (χ1) is 25.9. The van der Waals surface area contributed by atoms with Gasteiger partial charge in [0.05, 0.1) is 33.4 Å². The van der Waals surface area contributed by atoms with Crippen LogP contribution in [-0.4, -0.2) is 63.0 Å². The van der Waals surface area contributed by atoms with E-state index in [0.29, 0.717) is 11.6 Å². The zero-order chi connectivity index (χ0) is 40.0. The number of carbonyl (C=O) groups is 6. The monoisotopic (exact) mass is 741 g/mol. The summed E-state index contributed by atoms with van der Waals surface area (Å²) >= 11 is 0. The standard InChI is InChI=1S/C43H39N3O9/c1-19(2)22-7-8-24-12-25(10-9-23(24)11-22)46-40(49)34-15-27-26-13-32(38(47)44-20(3)4)35(41(50)51)16-29(26)28-14-33(39(48)45-21(5)6)36(42(52)53)17-31(28)30(27)18-37(34)43(54)55/h7-21H,1-6H3,(H,44,47)(H,45,48)(H,46,49)(H,50,51)(H,52,53)(H,54,55). The van der Waals surface area contributed by atoms with Crippen LogP contribution in [0.15, 0.2) is 72.8 Å². The van der Waals surface area contributed by atoms with E-state index in [-0.39, 0.29) is 72.2 Å². The van der Waals surface area contributed by atoms with E-state index in [1.807, 2.05) is 18.2 Å². The molecule has 0 aliphatic heterocycles. The first-order valence-electron chi connectivity index (χ1n) is 17.7. The number of hydrogen-bond acceptors (Lipinski definition) is 6. The van der Waals surface area contributed by atoms with Crippen LogP contribution in [0.4, 0.5) is 5.69 Å². The zero-order valence-electron chi connectivity index (χ0n) is 31.0. The minimum Gasteiger partial charge on any atom is -0.478 e. The zero-order valence-corrected chi connectivity index (χ0v) is 31.0. The summed E-state index contributed by atoms with van der Waals surface area (Å²) < 4.78 is 0. The SMILES string of the molecule is CC(C)NC(=O)c1cc2c(cc1C(=O)O)c1cc(C(=O)O)c(C(=O)Nc3ccc4cc(C(C)C)ccc4c3)cc1c1cc(C(=O)NC(C)C)c(C(=O)O)cc21. The molecule has 0 radical (unpaired) electrons. The second kappa shape index (κ2) is 14.5. The highest BCUT2D eigenvalue weighted by Crippen LogP contribution is 2.40. The number of hydrogen-bond donors (Lipinski definition) is 6. The van der Waals surface area contributed by atoms with E-state index in [0.717, 1.165) is 16.3 Å². The molecular formula is C43H39N3O9. The summed E-state index contributed by atoms with van der Waals surface area (Å²) in [4.78, 5) is 78.8. The maximum absolute atomic E-state index is 14.0. The van der Waals surface area contributed by atoms with Crippen LogP contribution in [0.3, 0.4) is 0 Å². The summed E-state index contributed by atoms with van der Waals surface area (Å²) in [7, 11) is 0. The molecule has 0 saturated carbocycles. The Hall–Kier alpha value is -6.82. The Kier molecular flexibility index (Phi) is 10.0. The maximum atomic E-state index is 14.0. The second-order valence-corrected chi connectivity index (χ2v) is 14.4. The number of carboxylic acids is 3. The van der Waals surface area contributed by atoms with Crippen LogP contribution in [0, 0.1) is 0 Å². The van der Waals surface area contributed by atoms with Crippen molar-refractivity contribution in [3.05, 3.63) is 112 Å². The van der Waals surface area contributed by atoms with Gasteiger partial charge < -0.3 is 31.3 Å². The predicted molar refractivity (Wildman–Crippen MR) is 211 cm³/mol. The lowest BCUT2D eigenvalue weighted by molar-refractivity contribution is 0.0682. The first-order valence-corrected chi connectivity index (χ1v) is 17.7. The van der Waals surface area contributed by atoms with E-state index in [4.69, 9.17) is 0 Å². The van der Waals surface area contributed by atoms with Crippen molar-refractivity contribution in [2.75, 3.05) is 5.32 Å². The van der Waals surface area contributed by atoms with Gasteiger partial charge in [0.25, 0.3) is 17.7 Å². The third-order valence-electron chi connectivity index (χ3n) is 9.40. The number of carbonyl (C=O) groups excluding carboxylic acids is 3. The van der Waals surface area contributed by atoms with E-state index in [2.05, 4.69) is 35.9 Å². The van der Waals surface area contributed by atoms with E-state index in [1.54, 1.807) is 39.8 Å². The molecular weight excluding hydrogens is 702 g/mol. The van der Waals surface area contributed by atoms with Gasteiger partial charge in [-0.2, -0.15) is 0 Å². The van der Waals surface area contributed by atoms with Gasteiger partial charge in [-0.1, -0.05) is 38.1 Å². The molecule has 0 spiro atoms. The van der Waals surface area contributed by atoms with Crippen LogP contribution in [0.2, 0.25) is 0 Å². The molecule has 280 valence electrons. The van der Waals surface area contributed by atoms with E-state index in [1.165, 1.54) is 36.4 Å². The van der Waals surface area contributed by atoms with Crippen molar-refractivity contribution < 1.29 is 44.1 Å². The summed E-state index contributed by atoms with van der Waals surface area (Å²) in [6, 6.07) is 18.4. The number of nitrogens with one attached hydrogen (secondary N) is 3. The fourth-order valence-corrected chi connectivity index (χ4v) is 6.81. The Morgan fingerprint density at radius 1 is 0.436 bits per heavy atom. The molecule has 6 aromatic rings. The number of rotatable bonds is 10. The normalized spacial score (nSPS) is 11.5. The number of fused-ring (bicyclic) bond motifs is 7. The van der Waals surface area contributed by atoms with Crippen molar-refractivity contribution >= 4 is 84.4 Å². The highest BCUT2D eigenvalue weighted by molar-refractivity contribution is 6.30. The summed E-state index contributed by atoms with van der Waals surface area (Å²) in [5.74, 6) is -6.10. The number of carboxylic acid groups (broad SMARTS) is 3. The summed E-state index contributed by atoms with van der Waals surface area (Å²) in [6.45, 7) is 11.0. The Bertz CT molecular complexity index is 2660. The molecule has 6 rings (SSSR count). The highest BCUT2D eigenvalue weighted by atomic mass is 16.4. The van der Waals surface area contributed by atoms with Crippen molar-refractivity contribution in [2.24, 2.45) is 0 Å². The van der Waals surface area contributed by atoms with Crippen LogP contribution < -0.4 is 16.0 Å². The Morgan fingerprint density at radius 3 is 1.15 bits per heavy atom. The molecule has 0 atom stereocenters. The number of benzene rings is 6. The highest BCUT2D eigenvalue weighted by Gasteiger charge is 2.27. The average molecular weight is 742 g/mol. The fraction of sp³-hybridized carbons (Fsp3) is 0.209. The van der Waals surface area contributed by atoms with Crippen LogP contribution in [0.5, 0.6) is 0 Å². The molecule has 12 heteroatoms. The Labute approximate surface area is 315 Å². The average Bonchev–Trinajstić information content (AvgIpc) is 3.12. The van der Waals surface area contributed by atoms with E-state index < -0.39 is 41.2 Å². The quantitative estimate of drug-likeness (QED) is 0.0752. The van der Waals surface area contributed by atoms with Crippen LogP contribution in [0.1, 0.15) is 115 Å². The van der Waals surface area contributed by atoms with Gasteiger partial charge in [0, 0.05) is 17.8 Å². The maximum Gasteiger partial charge on any atom is 0.336 e. The molecule has 0 aromatic heterocycles. The summed E-state index contributed by atoms with van der Waals surface area (Å²) in [6.07, 6.45) is 0. The Balaban J connectivity index is 1.67. The summed E-state index contributed by atoms with van der Waals surface area (Å²) in [5, 5.41) is 42.3. The smallest absolute Gasteiger partial charge is 0.336 e. The Morgan fingerprint density at radius 2 is 0.782 bits per heavy atom. The molecule has 0 unspecified atom stereocenters. The molecule has 55 heavy (non-hydrogen) atoms. The van der Waals surface area contributed by atoms with Gasteiger partial charge in [-0.05, 0) is 131 Å². The van der Waals surface area contributed by atoms with Gasteiger partial charge >= 0.3 is 17.9 Å². The molecule has 0 aliphatic carbocycles. The lowest BCUT2D eigenvalue weighted by atomic mass is 9.87. The number of amides is 3. The molecule has 6 aromatic carbocycles. The topological polar surface area (TPSA) is 199 Å². The van der Waals surface area contributed by atoms with Crippen molar-refractivity contribution in [3.8, 4) is 0 Å². The van der Waals surface area contributed by atoms with Crippen LogP contribution >= 0.6 is 0 Å². The van der Waals surface area contributed by atoms with Crippen molar-refractivity contribution in [1.82, 2.24) is 10.6 Å². The van der Waals surface area contributed by atoms with Gasteiger partial charge in [0.15, 0.2) is 0 Å². The molecule has 0 saturated heterocycles. The van der Waals surface area contributed by atoms with Gasteiger partial charge in [0.2, 0.25) is 0 Å². The fourth-order valence-electron chi connectivity index (χ4n) is 6.81. The van der Waals surface area contributed by atoms with E-state index >= 15 is 0 Å². The van der Waals surface area contributed by atoms with Crippen LogP contribution in [0.25, 0.3) is 43.1 Å².